The van der Waals surface area contributed by atoms with E-state index in [9.17, 15) is 4.79 Å². The van der Waals surface area contributed by atoms with Gasteiger partial charge in [0.2, 0.25) is 0 Å². The lowest BCUT2D eigenvalue weighted by molar-refractivity contribution is -0.218. The van der Waals surface area contributed by atoms with Crippen molar-refractivity contribution in [2.24, 2.45) is 0 Å². The van der Waals surface area contributed by atoms with Gasteiger partial charge in [-0.1, -0.05) is 22.0 Å². The van der Waals surface area contributed by atoms with E-state index in [1.165, 1.54) is 6.92 Å². The van der Waals surface area contributed by atoms with Crippen LogP contribution in [-0.2, 0) is 30.3 Å². The fourth-order valence-corrected chi connectivity index (χ4v) is 3.35. The summed E-state index contributed by atoms with van der Waals surface area (Å²) in [6.45, 7) is 5.38. The molecular formula is C17H21BrO6. The van der Waals surface area contributed by atoms with Crippen LogP contribution in [0.5, 0.6) is 5.75 Å². The van der Waals surface area contributed by atoms with Gasteiger partial charge in [0.15, 0.2) is 17.9 Å². The molecule has 4 atom stereocenters. The quantitative estimate of drug-likeness (QED) is 0.756. The van der Waals surface area contributed by atoms with Gasteiger partial charge in [0, 0.05) is 10.0 Å². The number of hydrogen-bond acceptors (Lipinski definition) is 6. The van der Waals surface area contributed by atoms with Crippen LogP contribution in [0.1, 0.15) is 26.3 Å². The monoisotopic (exact) mass is 400 g/mol. The summed E-state index contributed by atoms with van der Waals surface area (Å²) in [4.78, 5) is 11.9. The van der Waals surface area contributed by atoms with Gasteiger partial charge in [-0.3, -0.25) is 4.79 Å². The van der Waals surface area contributed by atoms with Gasteiger partial charge in [-0.05, 0) is 32.9 Å². The Kier molecular flexibility index (Phi) is 4.99. The van der Waals surface area contributed by atoms with Crippen LogP contribution in [-0.4, -0.2) is 43.3 Å². The predicted molar refractivity (Wildman–Crippen MR) is 88.7 cm³/mol. The zero-order chi connectivity index (χ0) is 17.5. The lowest BCUT2D eigenvalue weighted by Gasteiger charge is -2.25. The summed E-state index contributed by atoms with van der Waals surface area (Å²) >= 11 is 3.41. The molecule has 0 aliphatic carbocycles. The molecule has 0 bridgehead atoms. The average Bonchev–Trinajstić information content (AvgIpc) is 2.98. The number of carbonyl (C=O) groups is 1. The molecule has 0 radical (unpaired) electrons. The van der Waals surface area contributed by atoms with Gasteiger partial charge < -0.3 is 23.7 Å². The predicted octanol–water partition coefficient (Wildman–Crippen LogP) is 2.81. The Labute approximate surface area is 149 Å². The first-order chi connectivity index (χ1) is 11.3. The van der Waals surface area contributed by atoms with E-state index in [-0.39, 0.29) is 12.4 Å². The molecule has 0 spiro atoms. The van der Waals surface area contributed by atoms with E-state index < -0.39 is 30.4 Å². The summed E-state index contributed by atoms with van der Waals surface area (Å²) in [5, 5.41) is 0. The molecule has 3 rings (SSSR count). The Morgan fingerprint density at radius 2 is 2.08 bits per heavy atom. The maximum absolute atomic E-state index is 11.9. The van der Waals surface area contributed by atoms with E-state index in [0.717, 1.165) is 10.0 Å². The van der Waals surface area contributed by atoms with Gasteiger partial charge in [0.1, 0.15) is 24.1 Å². The fourth-order valence-electron chi connectivity index (χ4n) is 3.01. The maximum atomic E-state index is 11.9. The van der Waals surface area contributed by atoms with E-state index in [1.54, 1.807) is 7.11 Å². The number of methoxy groups -OCH3 is 1. The number of carbonyl (C=O) groups excluding carboxylic acids is 1. The molecule has 2 saturated heterocycles. The third-order valence-electron chi connectivity index (χ3n) is 4.07. The molecule has 24 heavy (non-hydrogen) atoms. The minimum absolute atomic E-state index is 0.109. The molecule has 2 aliphatic heterocycles. The molecule has 0 aromatic heterocycles. The van der Waals surface area contributed by atoms with Gasteiger partial charge in [-0.25, -0.2) is 0 Å². The highest BCUT2D eigenvalue weighted by Gasteiger charge is 2.56. The summed E-state index contributed by atoms with van der Waals surface area (Å²) in [5.41, 5.74) is 0.879. The topological polar surface area (TPSA) is 63.2 Å². The molecule has 0 unspecified atom stereocenters. The van der Waals surface area contributed by atoms with Crippen LogP contribution in [0.4, 0.5) is 0 Å². The number of Topliss-reactive ketones (excluding diaryl/α,β-unsaturated/α-hetero) is 1. The molecule has 0 N–H and O–H groups in total. The minimum Gasteiger partial charge on any atom is -0.496 e. The molecule has 6 nitrogen and oxygen atoms in total. The van der Waals surface area contributed by atoms with Gasteiger partial charge in [0.25, 0.3) is 0 Å². The third-order valence-corrected chi connectivity index (χ3v) is 4.57. The second kappa shape index (κ2) is 6.72. The Hall–Kier alpha value is -0.990. The molecule has 1 aromatic rings. The van der Waals surface area contributed by atoms with Gasteiger partial charge in [0.05, 0.1) is 13.7 Å². The number of benzene rings is 1. The standard InChI is InChI=1S/C17H21BrO6/c1-9(19)13-14(15-16(22-13)24-17(2,3)23-15)21-8-10-5-6-11(18)7-12(10)20-4/h5-7,13-16H,8H2,1-4H3/t13-,14+,15-,16-/m1/s1. The Morgan fingerprint density at radius 1 is 1.33 bits per heavy atom. The highest BCUT2D eigenvalue weighted by atomic mass is 79.9. The van der Waals surface area contributed by atoms with E-state index in [2.05, 4.69) is 15.9 Å². The van der Waals surface area contributed by atoms with Crippen molar-refractivity contribution < 1.29 is 28.5 Å². The van der Waals surface area contributed by atoms with E-state index >= 15 is 0 Å². The summed E-state index contributed by atoms with van der Waals surface area (Å²) in [5.74, 6) is -0.154. The summed E-state index contributed by atoms with van der Waals surface area (Å²) in [6, 6.07) is 5.69. The highest BCUT2D eigenvalue weighted by molar-refractivity contribution is 9.10. The number of halogens is 1. The molecule has 2 heterocycles. The van der Waals surface area contributed by atoms with Crippen molar-refractivity contribution in [3.8, 4) is 5.75 Å². The van der Waals surface area contributed by atoms with E-state index in [4.69, 9.17) is 23.7 Å². The lowest BCUT2D eigenvalue weighted by Crippen LogP contribution is -2.39. The van der Waals surface area contributed by atoms with Gasteiger partial charge in [-0.15, -0.1) is 0 Å². The second-order valence-corrected chi connectivity index (χ2v) is 7.28. The van der Waals surface area contributed by atoms with Crippen LogP contribution >= 0.6 is 15.9 Å². The van der Waals surface area contributed by atoms with E-state index in [0.29, 0.717) is 5.75 Å². The van der Waals surface area contributed by atoms with Crippen molar-refractivity contribution >= 4 is 21.7 Å². The van der Waals surface area contributed by atoms with Crippen LogP contribution in [0.25, 0.3) is 0 Å². The average molecular weight is 401 g/mol. The number of fused-ring (bicyclic) bond motifs is 1. The molecule has 0 saturated carbocycles. The van der Waals surface area contributed by atoms with Crippen molar-refractivity contribution in [2.75, 3.05) is 7.11 Å². The first kappa shape index (κ1) is 17.8. The highest BCUT2D eigenvalue weighted by Crippen LogP contribution is 2.39. The zero-order valence-electron chi connectivity index (χ0n) is 14.1. The van der Waals surface area contributed by atoms with Crippen molar-refractivity contribution in [1.29, 1.82) is 0 Å². The molecule has 2 aliphatic rings. The van der Waals surface area contributed by atoms with Gasteiger partial charge in [-0.2, -0.15) is 0 Å². The van der Waals surface area contributed by atoms with Crippen molar-refractivity contribution in [3.63, 3.8) is 0 Å². The van der Waals surface area contributed by atoms with Crippen LogP contribution < -0.4 is 4.74 Å². The first-order valence-corrected chi connectivity index (χ1v) is 8.55. The van der Waals surface area contributed by atoms with Crippen LogP contribution in [0.15, 0.2) is 22.7 Å². The Bertz CT molecular complexity index is 632. The summed E-state index contributed by atoms with van der Waals surface area (Å²) in [6.07, 6.45) is -2.25. The lowest BCUT2D eigenvalue weighted by atomic mass is 10.1. The minimum atomic E-state index is -0.756. The molecule has 0 amide bonds. The smallest absolute Gasteiger partial charge is 0.190 e. The second-order valence-electron chi connectivity index (χ2n) is 6.37. The summed E-state index contributed by atoms with van der Waals surface area (Å²) in [7, 11) is 1.61. The Morgan fingerprint density at radius 3 is 2.75 bits per heavy atom. The summed E-state index contributed by atoms with van der Waals surface area (Å²) < 4.78 is 29.6. The third kappa shape index (κ3) is 3.50. The Balaban J connectivity index is 1.75. The number of rotatable bonds is 5. The molecule has 1 aromatic carbocycles. The van der Waals surface area contributed by atoms with Crippen LogP contribution in [0.3, 0.4) is 0 Å². The maximum Gasteiger partial charge on any atom is 0.190 e. The van der Waals surface area contributed by atoms with Gasteiger partial charge >= 0.3 is 0 Å². The number of hydrogen-bond donors (Lipinski definition) is 0. The first-order valence-electron chi connectivity index (χ1n) is 7.76. The van der Waals surface area contributed by atoms with Crippen molar-refractivity contribution in [3.05, 3.63) is 28.2 Å². The molecule has 7 heteroatoms. The normalized spacial score (nSPS) is 31.0. The van der Waals surface area contributed by atoms with Crippen LogP contribution in [0.2, 0.25) is 0 Å². The van der Waals surface area contributed by atoms with Crippen molar-refractivity contribution in [2.45, 2.75) is 57.8 Å². The van der Waals surface area contributed by atoms with Crippen LogP contribution in [0, 0.1) is 0 Å². The largest absolute Gasteiger partial charge is 0.496 e. The number of ketones is 1. The zero-order valence-corrected chi connectivity index (χ0v) is 15.7. The van der Waals surface area contributed by atoms with E-state index in [1.807, 2.05) is 32.0 Å². The van der Waals surface area contributed by atoms with Crippen molar-refractivity contribution in [1.82, 2.24) is 0 Å². The molecular weight excluding hydrogens is 380 g/mol. The number of ether oxygens (including phenoxy) is 5. The molecule has 132 valence electrons. The molecule has 2 fully saturated rings. The fraction of sp³-hybridized carbons (Fsp3) is 0.588. The SMILES string of the molecule is COc1cc(Br)ccc1CO[C@@H]1[C@H]2OC(C)(C)O[C@H]2O[C@@H]1C(C)=O.